The first-order valence-electron chi connectivity index (χ1n) is 8.98. The van der Waals surface area contributed by atoms with Gasteiger partial charge in [0.25, 0.3) is 0 Å². The number of fused-ring (bicyclic) bond motifs is 3. The Morgan fingerprint density at radius 2 is 1.50 bits per heavy atom. The number of aromatic nitrogens is 1. The van der Waals surface area contributed by atoms with Crippen LogP contribution < -0.4 is 5.73 Å². The molecule has 0 saturated carbocycles. The molecule has 0 aliphatic heterocycles. The first-order valence-corrected chi connectivity index (χ1v) is 9.74. The van der Waals surface area contributed by atoms with Crippen LogP contribution in [0.5, 0.6) is 0 Å². The van der Waals surface area contributed by atoms with Crippen molar-refractivity contribution in [1.82, 2.24) is 4.57 Å². The molecule has 1 heterocycles. The third kappa shape index (κ3) is 3.19. The van der Waals surface area contributed by atoms with Crippen LogP contribution >= 0.6 is 23.2 Å². The van der Waals surface area contributed by atoms with E-state index in [1.54, 1.807) is 48.5 Å². The highest BCUT2D eigenvalue weighted by Crippen LogP contribution is 2.38. The number of amides is 1. The fourth-order valence-electron chi connectivity index (χ4n) is 3.79. The number of aliphatic carboxylic acids is 1. The normalized spacial score (nSPS) is 12.4. The Bertz CT molecular complexity index is 1310. The fourth-order valence-corrected chi connectivity index (χ4v) is 4.31. The van der Waals surface area contributed by atoms with Crippen LogP contribution in [0, 0.1) is 0 Å². The van der Waals surface area contributed by atoms with Gasteiger partial charge in [-0.05, 0) is 30.3 Å². The number of carboxylic acid groups (broad SMARTS) is 1. The maximum absolute atomic E-state index is 12.1. The van der Waals surface area contributed by atoms with Gasteiger partial charge < -0.3 is 20.5 Å². The van der Waals surface area contributed by atoms with E-state index in [4.69, 9.17) is 28.9 Å². The molecule has 0 radical (unpaired) electrons. The van der Waals surface area contributed by atoms with E-state index in [9.17, 15) is 19.8 Å². The van der Waals surface area contributed by atoms with Crippen LogP contribution in [0.2, 0.25) is 10.0 Å². The zero-order valence-corrected chi connectivity index (χ0v) is 17.0. The molecule has 1 amide bonds. The largest absolute Gasteiger partial charge is 0.479 e. The smallest absolute Gasteiger partial charge is 0.337 e. The van der Waals surface area contributed by atoms with Crippen molar-refractivity contribution in [3.8, 4) is 0 Å². The number of primary amides is 1. The minimum absolute atomic E-state index is 0.169. The fraction of sp³-hybridized carbons (Fsp3) is 0.0909. The Hall–Kier alpha value is -3.06. The number of aliphatic hydroxyl groups excluding tert-OH is 1. The van der Waals surface area contributed by atoms with E-state index in [0.717, 1.165) is 0 Å². The van der Waals surface area contributed by atoms with Gasteiger partial charge in [0.1, 0.15) is 0 Å². The van der Waals surface area contributed by atoms with E-state index in [-0.39, 0.29) is 17.7 Å². The van der Waals surface area contributed by atoms with E-state index < -0.39 is 18.0 Å². The Labute approximate surface area is 181 Å². The Morgan fingerprint density at radius 1 is 0.933 bits per heavy atom. The summed E-state index contributed by atoms with van der Waals surface area (Å²) < 4.78 is 1.88. The van der Waals surface area contributed by atoms with Gasteiger partial charge in [-0.25, -0.2) is 4.79 Å². The molecule has 4 rings (SSSR count). The van der Waals surface area contributed by atoms with Gasteiger partial charge in [-0.2, -0.15) is 0 Å². The van der Waals surface area contributed by atoms with Crippen LogP contribution in [0.4, 0.5) is 0 Å². The van der Waals surface area contributed by atoms with Crippen molar-refractivity contribution in [3.63, 3.8) is 0 Å². The van der Waals surface area contributed by atoms with Crippen LogP contribution in [0.25, 0.3) is 21.8 Å². The summed E-state index contributed by atoms with van der Waals surface area (Å²) in [4.78, 5) is 23.6. The SMILES string of the molecule is NC(=O)c1cccc2c1c1c(C(O)C(=O)O)cccc1n2Cc1c(Cl)cccc1Cl. The highest BCUT2D eigenvalue weighted by molar-refractivity contribution is 6.36. The summed E-state index contributed by atoms with van der Waals surface area (Å²) in [7, 11) is 0. The van der Waals surface area contributed by atoms with Crippen LogP contribution in [-0.4, -0.2) is 26.7 Å². The second-order valence-electron chi connectivity index (χ2n) is 6.83. The topological polar surface area (TPSA) is 106 Å². The standard InChI is InChI=1S/C22H16Cl2N2O4/c23-14-6-3-7-15(24)13(14)10-26-16-8-1-4-11(20(27)22(29)30)18(16)19-12(21(25)28)5-2-9-17(19)26/h1-9,20,27H,10H2,(H2,25,28)(H,29,30). The van der Waals surface area contributed by atoms with Crippen molar-refractivity contribution in [2.45, 2.75) is 12.6 Å². The van der Waals surface area contributed by atoms with E-state index >= 15 is 0 Å². The van der Waals surface area contributed by atoms with E-state index in [1.165, 1.54) is 6.07 Å². The number of carboxylic acids is 1. The molecule has 4 aromatic rings. The number of rotatable bonds is 5. The van der Waals surface area contributed by atoms with Gasteiger partial charge in [0.2, 0.25) is 5.91 Å². The van der Waals surface area contributed by atoms with Gasteiger partial charge in [0.05, 0.1) is 12.1 Å². The molecule has 3 aromatic carbocycles. The summed E-state index contributed by atoms with van der Waals surface area (Å²) in [5.41, 5.74) is 7.93. The number of carbonyl (C=O) groups is 2. The molecule has 6 nitrogen and oxygen atoms in total. The molecular weight excluding hydrogens is 427 g/mol. The summed E-state index contributed by atoms with van der Waals surface area (Å²) in [5.74, 6) is -2.05. The van der Waals surface area contributed by atoms with Crippen molar-refractivity contribution in [2.75, 3.05) is 0 Å². The van der Waals surface area contributed by atoms with Gasteiger partial charge in [0.15, 0.2) is 6.10 Å². The maximum atomic E-state index is 12.1. The molecule has 0 saturated heterocycles. The number of nitrogens with zero attached hydrogens (tertiary/aromatic N) is 1. The number of hydrogen-bond acceptors (Lipinski definition) is 3. The number of nitrogens with two attached hydrogens (primary N) is 1. The summed E-state index contributed by atoms with van der Waals surface area (Å²) >= 11 is 12.7. The van der Waals surface area contributed by atoms with E-state index in [1.807, 2.05) is 4.57 Å². The third-order valence-corrected chi connectivity index (χ3v) is 5.83. The first-order chi connectivity index (χ1) is 14.3. The molecule has 8 heteroatoms. The molecule has 1 unspecified atom stereocenters. The quantitative estimate of drug-likeness (QED) is 0.426. The Kier molecular flexibility index (Phi) is 5.15. The minimum Gasteiger partial charge on any atom is -0.479 e. The summed E-state index contributed by atoms with van der Waals surface area (Å²) in [6.45, 7) is 0.271. The van der Waals surface area contributed by atoms with Crippen molar-refractivity contribution >= 4 is 56.9 Å². The Morgan fingerprint density at radius 3 is 2.10 bits per heavy atom. The minimum atomic E-state index is -1.77. The molecule has 0 aliphatic carbocycles. The molecule has 0 spiro atoms. The van der Waals surface area contributed by atoms with Gasteiger partial charge in [-0.3, -0.25) is 4.79 Å². The number of aliphatic hydroxyl groups is 1. The number of hydrogen-bond donors (Lipinski definition) is 3. The van der Waals surface area contributed by atoms with Crippen LogP contribution in [0.15, 0.2) is 54.6 Å². The van der Waals surface area contributed by atoms with Gasteiger partial charge >= 0.3 is 5.97 Å². The maximum Gasteiger partial charge on any atom is 0.337 e. The van der Waals surface area contributed by atoms with E-state index in [0.29, 0.717) is 37.4 Å². The molecule has 0 fully saturated rings. The van der Waals surface area contributed by atoms with Crippen molar-refractivity contribution in [1.29, 1.82) is 0 Å². The lowest BCUT2D eigenvalue weighted by atomic mass is 9.99. The van der Waals surface area contributed by atoms with Gasteiger partial charge in [-0.1, -0.05) is 47.5 Å². The lowest BCUT2D eigenvalue weighted by Crippen LogP contribution is -2.12. The van der Waals surface area contributed by atoms with Crippen LogP contribution in [-0.2, 0) is 11.3 Å². The predicted octanol–water partition coefficient (Wildman–Crippen LogP) is 4.37. The van der Waals surface area contributed by atoms with Crippen molar-refractivity contribution in [2.24, 2.45) is 5.73 Å². The van der Waals surface area contributed by atoms with E-state index in [2.05, 4.69) is 0 Å². The summed E-state index contributed by atoms with van der Waals surface area (Å²) in [6.07, 6.45) is -1.77. The highest BCUT2D eigenvalue weighted by atomic mass is 35.5. The second kappa shape index (κ2) is 7.65. The second-order valence-corrected chi connectivity index (χ2v) is 7.65. The zero-order valence-electron chi connectivity index (χ0n) is 15.5. The average molecular weight is 443 g/mol. The molecule has 152 valence electrons. The summed E-state index contributed by atoms with van der Waals surface area (Å²) in [6, 6.07) is 15.2. The van der Waals surface area contributed by atoms with Crippen LogP contribution in [0.3, 0.4) is 0 Å². The zero-order chi connectivity index (χ0) is 21.6. The average Bonchev–Trinajstić information content (AvgIpc) is 3.04. The van der Waals surface area contributed by atoms with Crippen molar-refractivity contribution < 1.29 is 19.8 Å². The van der Waals surface area contributed by atoms with Gasteiger partial charge in [-0.15, -0.1) is 0 Å². The van der Waals surface area contributed by atoms with Gasteiger partial charge in [0, 0.05) is 43.0 Å². The molecular formula is C22H16Cl2N2O4. The molecule has 1 atom stereocenters. The summed E-state index contributed by atoms with van der Waals surface area (Å²) in [5, 5.41) is 21.6. The molecule has 4 N–H and O–H groups in total. The first kappa shape index (κ1) is 20.2. The third-order valence-electron chi connectivity index (χ3n) is 5.12. The number of carbonyl (C=O) groups excluding carboxylic acids is 1. The monoisotopic (exact) mass is 442 g/mol. The lowest BCUT2D eigenvalue weighted by molar-refractivity contribution is -0.146. The van der Waals surface area contributed by atoms with Crippen LogP contribution in [0.1, 0.15) is 27.6 Å². The molecule has 1 aromatic heterocycles. The lowest BCUT2D eigenvalue weighted by Gasteiger charge is -2.12. The Balaban J connectivity index is 2.13. The predicted molar refractivity (Wildman–Crippen MR) is 116 cm³/mol. The van der Waals surface area contributed by atoms with Crippen molar-refractivity contribution in [3.05, 3.63) is 81.3 Å². The molecule has 0 aliphatic rings. The molecule has 30 heavy (non-hydrogen) atoms. The molecule has 0 bridgehead atoms. The highest BCUT2D eigenvalue weighted by Gasteiger charge is 2.25. The number of halogens is 2. The number of benzene rings is 3.